The van der Waals surface area contributed by atoms with Crippen molar-refractivity contribution in [2.75, 3.05) is 18.6 Å². The number of carbonyl (C=O) groups excluding carboxylic acids is 2. The molecule has 0 aliphatic carbocycles. The summed E-state index contributed by atoms with van der Waals surface area (Å²) in [4.78, 5) is 37.5. The van der Waals surface area contributed by atoms with Gasteiger partial charge in [0.05, 0.1) is 12.0 Å². The largest absolute Gasteiger partial charge is 0.497 e. The van der Waals surface area contributed by atoms with Gasteiger partial charge in [0.15, 0.2) is 4.90 Å². The predicted octanol–water partition coefficient (Wildman–Crippen LogP) is 3.26. The molecular formula is C25H26N4O7S. The predicted molar refractivity (Wildman–Crippen MR) is 137 cm³/mol. The van der Waals surface area contributed by atoms with Crippen LogP contribution in [0.25, 0.3) is 0 Å². The van der Waals surface area contributed by atoms with Gasteiger partial charge in [-0.2, -0.15) is 0 Å². The van der Waals surface area contributed by atoms with Crippen LogP contribution in [0.2, 0.25) is 0 Å². The number of ether oxygens (including phenoxy) is 1. The Kier molecular flexibility index (Phi) is 8.80. The van der Waals surface area contributed by atoms with Crippen molar-refractivity contribution in [2.24, 2.45) is 0 Å². The molecule has 0 aliphatic rings. The number of urea groups is 1. The van der Waals surface area contributed by atoms with Gasteiger partial charge >= 0.3 is 6.03 Å². The molecule has 3 rings (SSSR count). The number of benzene rings is 3. The minimum atomic E-state index is -4.61. The number of nitro groups is 1. The molecule has 3 aromatic rings. The second-order valence-corrected chi connectivity index (χ2v) is 9.48. The first-order valence-electron chi connectivity index (χ1n) is 11.2. The van der Waals surface area contributed by atoms with Gasteiger partial charge < -0.3 is 15.0 Å². The van der Waals surface area contributed by atoms with E-state index < -0.39 is 43.5 Å². The standard InChI is InChI=1S/C25H26N4O7S/c1-3-28(19-13-15-20(36-2)16-14-19)24(30)21(17-18-9-5-4-6-10-18)26-25(31)27-37(34,35)23-12-8-7-11-22(23)29(32)33/h4-16,21H,3,17H2,1-2H3,(H2,26,27,31). The number of rotatable bonds is 10. The van der Waals surface area contributed by atoms with Crippen LogP contribution in [0.4, 0.5) is 16.2 Å². The summed E-state index contributed by atoms with van der Waals surface area (Å²) < 4.78 is 32.5. The summed E-state index contributed by atoms with van der Waals surface area (Å²) in [5, 5.41) is 13.7. The van der Waals surface area contributed by atoms with Crippen molar-refractivity contribution in [3.8, 4) is 5.75 Å². The number of amides is 3. The smallest absolute Gasteiger partial charge is 0.329 e. The first-order valence-corrected chi connectivity index (χ1v) is 12.7. The Bertz CT molecular complexity index is 1360. The Labute approximate surface area is 214 Å². The van der Waals surface area contributed by atoms with Crippen molar-refractivity contribution >= 4 is 33.3 Å². The number of sulfonamides is 1. The highest BCUT2D eigenvalue weighted by molar-refractivity contribution is 7.90. The average Bonchev–Trinajstić information content (AvgIpc) is 2.89. The lowest BCUT2D eigenvalue weighted by Crippen LogP contribution is -2.53. The quantitative estimate of drug-likeness (QED) is 0.304. The number of carbonyl (C=O) groups is 2. The lowest BCUT2D eigenvalue weighted by molar-refractivity contribution is -0.387. The zero-order valence-corrected chi connectivity index (χ0v) is 21.0. The van der Waals surface area contributed by atoms with Crippen LogP contribution in [0.1, 0.15) is 12.5 Å². The second-order valence-electron chi connectivity index (χ2n) is 7.83. The Balaban J connectivity index is 1.87. The Morgan fingerprint density at radius 3 is 2.22 bits per heavy atom. The highest BCUT2D eigenvalue weighted by Gasteiger charge is 2.30. The minimum Gasteiger partial charge on any atom is -0.497 e. The van der Waals surface area contributed by atoms with E-state index in [1.54, 1.807) is 66.2 Å². The number of nitrogens with zero attached hydrogens (tertiary/aromatic N) is 2. The van der Waals surface area contributed by atoms with Gasteiger partial charge in [-0.1, -0.05) is 42.5 Å². The number of methoxy groups -OCH3 is 1. The third kappa shape index (κ3) is 6.82. The molecule has 0 radical (unpaired) electrons. The third-order valence-electron chi connectivity index (χ3n) is 5.43. The van der Waals surface area contributed by atoms with Crippen LogP contribution in [0.3, 0.4) is 0 Å². The maximum Gasteiger partial charge on any atom is 0.329 e. The number of nitro benzene ring substituents is 1. The van der Waals surface area contributed by atoms with Crippen molar-refractivity contribution < 1.29 is 27.7 Å². The molecule has 0 bridgehead atoms. The van der Waals surface area contributed by atoms with Gasteiger partial charge in [0, 0.05) is 24.7 Å². The SMILES string of the molecule is CCN(C(=O)C(Cc1ccccc1)NC(=O)NS(=O)(=O)c1ccccc1[N+](=O)[O-])c1ccc(OC)cc1. The number of likely N-dealkylation sites (N-methyl/N-ethyl adjacent to an activating group) is 1. The molecule has 0 fully saturated rings. The van der Waals surface area contributed by atoms with Gasteiger partial charge in [-0.05, 0) is 42.8 Å². The van der Waals surface area contributed by atoms with Crippen molar-refractivity contribution in [2.45, 2.75) is 24.3 Å². The third-order valence-corrected chi connectivity index (χ3v) is 6.81. The average molecular weight is 527 g/mol. The van der Waals surface area contributed by atoms with Crippen LogP contribution in [-0.4, -0.2) is 45.0 Å². The Morgan fingerprint density at radius 1 is 1.00 bits per heavy atom. The van der Waals surface area contributed by atoms with Crippen LogP contribution in [0.5, 0.6) is 5.75 Å². The molecule has 3 aromatic carbocycles. The van der Waals surface area contributed by atoms with Crippen molar-refractivity contribution in [3.63, 3.8) is 0 Å². The molecule has 0 saturated carbocycles. The molecule has 0 spiro atoms. The molecule has 3 amide bonds. The summed E-state index contributed by atoms with van der Waals surface area (Å²) in [5.41, 5.74) is 0.603. The van der Waals surface area contributed by atoms with Gasteiger partial charge in [-0.15, -0.1) is 0 Å². The van der Waals surface area contributed by atoms with Crippen LogP contribution >= 0.6 is 0 Å². The van der Waals surface area contributed by atoms with E-state index in [1.807, 2.05) is 0 Å². The van der Waals surface area contributed by atoms with E-state index in [1.165, 1.54) is 24.1 Å². The fraction of sp³-hybridized carbons (Fsp3) is 0.200. The van der Waals surface area contributed by atoms with Gasteiger partial charge in [-0.25, -0.2) is 17.9 Å². The molecule has 0 heterocycles. The maximum absolute atomic E-state index is 13.6. The fourth-order valence-corrected chi connectivity index (χ4v) is 4.75. The second kappa shape index (κ2) is 12.0. The van der Waals surface area contributed by atoms with Crippen LogP contribution in [0.15, 0.2) is 83.8 Å². The van der Waals surface area contributed by atoms with E-state index in [-0.39, 0.29) is 13.0 Å². The minimum absolute atomic E-state index is 0.0747. The highest BCUT2D eigenvalue weighted by atomic mass is 32.2. The molecule has 12 heteroatoms. The number of hydrogen-bond donors (Lipinski definition) is 2. The lowest BCUT2D eigenvalue weighted by Gasteiger charge is -2.27. The first kappa shape index (κ1) is 27.1. The normalized spacial score (nSPS) is 11.7. The molecule has 37 heavy (non-hydrogen) atoms. The molecular weight excluding hydrogens is 500 g/mol. The van der Waals surface area contributed by atoms with Gasteiger partial charge in [0.25, 0.3) is 15.7 Å². The summed E-state index contributed by atoms with van der Waals surface area (Å²) in [6.45, 7) is 2.04. The number of hydrogen-bond acceptors (Lipinski definition) is 7. The lowest BCUT2D eigenvalue weighted by atomic mass is 10.0. The van der Waals surface area contributed by atoms with Gasteiger partial charge in [0.1, 0.15) is 11.8 Å². The van der Waals surface area contributed by atoms with Crippen molar-refractivity contribution in [1.82, 2.24) is 10.0 Å². The van der Waals surface area contributed by atoms with Crippen LogP contribution < -0.4 is 19.7 Å². The summed E-state index contributed by atoms with van der Waals surface area (Å²) in [6.07, 6.45) is 0.0747. The fourth-order valence-electron chi connectivity index (χ4n) is 3.67. The molecule has 0 aromatic heterocycles. The summed E-state index contributed by atoms with van der Waals surface area (Å²) in [6, 6.07) is 18.0. The molecule has 11 nitrogen and oxygen atoms in total. The van der Waals surface area contributed by atoms with E-state index in [0.29, 0.717) is 11.4 Å². The van der Waals surface area contributed by atoms with E-state index in [2.05, 4.69) is 5.32 Å². The summed E-state index contributed by atoms with van der Waals surface area (Å²) in [5.74, 6) is 0.126. The molecule has 1 unspecified atom stereocenters. The van der Waals surface area contributed by atoms with E-state index >= 15 is 0 Å². The maximum atomic E-state index is 13.6. The Morgan fingerprint density at radius 2 is 1.62 bits per heavy atom. The topological polar surface area (TPSA) is 148 Å². The zero-order valence-electron chi connectivity index (χ0n) is 20.2. The van der Waals surface area contributed by atoms with E-state index in [9.17, 15) is 28.1 Å². The van der Waals surface area contributed by atoms with E-state index in [0.717, 1.165) is 17.7 Å². The molecule has 0 saturated heterocycles. The zero-order chi connectivity index (χ0) is 27.0. The van der Waals surface area contributed by atoms with Gasteiger partial charge in [0.2, 0.25) is 5.91 Å². The van der Waals surface area contributed by atoms with Gasteiger partial charge in [-0.3, -0.25) is 14.9 Å². The van der Waals surface area contributed by atoms with Crippen molar-refractivity contribution in [1.29, 1.82) is 0 Å². The molecule has 194 valence electrons. The summed E-state index contributed by atoms with van der Waals surface area (Å²) >= 11 is 0. The first-order chi connectivity index (χ1) is 17.7. The summed E-state index contributed by atoms with van der Waals surface area (Å²) in [7, 11) is -3.09. The van der Waals surface area contributed by atoms with Crippen molar-refractivity contribution in [3.05, 3.63) is 94.5 Å². The van der Waals surface area contributed by atoms with E-state index in [4.69, 9.17) is 4.74 Å². The molecule has 0 aliphatic heterocycles. The highest BCUT2D eigenvalue weighted by Crippen LogP contribution is 2.23. The number of para-hydroxylation sites is 1. The Hall–Kier alpha value is -4.45. The van der Waals surface area contributed by atoms with Crippen LogP contribution in [0, 0.1) is 10.1 Å². The van der Waals surface area contributed by atoms with Crippen LogP contribution in [-0.2, 0) is 21.2 Å². The molecule has 1 atom stereocenters. The number of anilines is 1. The monoisotopic (exact) mass is 526 g/mol. The number of nitrogens with one attached hydrogen (secondary N) is 2. The molecule has 2 N–H and O–H groups in total.